The second kappa shape index (κ2) is 7.33. The third-order valence-electron chi connectivity index (χ3n) is 3.72. The van der Waals surface area contributed by atoms with Gasteiger partial charge in [-0.15, -0.1) is 0 Å². The quantitative estimate of drug-likeness (QED) is 0.746. The molecule has 2 nitrogen and oxygen atoms in total. The van der Waals surface area contributed by atoms with Crippen LogP contribution in [0.25, 0.3) is 0 Å². The Morgan fingerprint density at radius 1 is 1.09 bits per heavy atom. The van der Waals surface area contributed by atoms with Gasteiger partial charge in [0.2, 0.25) is 0 Å². The minimum Gasteiger partial charge on any atom is -0.492 e. The Hall–Kier alpha value is -1.98. The number of hydrogen-bond acceptors (Lipinski definition) is 2. The van der Waals surface area contributed by atoms with E-state index in [0.29, 0.717) is 23.8 Å². The highest BCUT2D eigenvalue weighted by Crippen LogP contribution is 2.27. The summed E-state index contributed by atoms with van der Waals surface area (Å²) in [4.78, 5) is 0. The number of benzene rings is 2. The smallest absolute Gasteiger partial charge is 0.138 e. The van der Waals surface area contributed by atoms with Crippen molar-refractivity contribution in [3.63, 3.8) is 0 Å². The van der Waals surface area contributed by atoms with Crippen LogP contribution in [0.3, 0.4) is 0 Å². The lowest BCUT2D eigenvalue weighted by molar-refractivity contribution is 0.306. The van der Waals surface area contributed by atoms with E-state index in [1.54, 1.807) is 0 Å². The largest absolute Gasteiger partial charge is 0.492 e. The van der Waals surface area contributed by atoms with Crippen molar-refractivity contribution < 1.29 is 4.74 Å². The first-order valence-electron chi connectivity index (χ1n) is 7.37. The maximum Gasteiger partial charge on any atom is 0.138 e. The lowest BCUT2D eigenvalue weighted by Crippen LogP contribution is -2.06. The summed E-state index contributed by atoms with van der Waals surface area (Å²) >= 11 is 6.12. The normalized spacial score (nSPS) is 11.8. The van der Waals surface area contributed by atoms with Crippen molar-refractivity contribution in [3.05, 3.63) is 63.7 Å². The molecule has 0 aliphatic carbocycles. The number of nitriles is 1. The monoisotopic (exact) mass is 313 g/mol. The van der Waals surface area contributed by atoms with Crippen molar-refractivity contribution in [2.24, 2.45) is 0 Å². The third-order valence-corrected chi connectivity index (χ3v) is 4.03. The fourth-order valence-electron chi connectivity index (χ4n) is 2.43. The van der Waals surface area contributed by atoms with Crippen LogP contribution in [0.5, 0.6) is 5.75 Å². The molecule has 0 aromatic heterocycles. The first-order chi connectivity index (χ1) is 10.5. The van der Waals surface area contributed by atoms with Crippen molar-refractivity contribution in [1.82, 2.24) is 0 Å². The van der Waals surface area contributed by atoms with Crippen LogP contribution >= 0.6 is 11.6 Å². The number of ether oxygens (including phenoxy) is 1. The second-order valence-corrected chi connectivity index (χ2v) is 6.02. The van der Waals surface area contributed by atoms with E-state index in [0.717, 1.165) is 16.7 Å². The summed E-state index contributed by atoms with van der Waals surface area (Å²) in [6, 6.07) is 14.3. The predicted molar refractivity (Wildman–Crippen MR) is 90.6 cm³/mol. The number of aryl methyl sites for hydroxylation is 3. The van der Waals surface area contributed by atoms with Gasteiger partial charge < -0.3 is 4.74 Å². The molecule has 0 heterocycles. The van der Waals surface area contributed by atoms with E-state index >= 15 is 0 Å². The molecule has 1 atom stereocenters. The maximum absolute atomic E-state index is 9.46. The average molecular weight is 314 g/mol. The second-order valence-electron chi connectivity index (χ2n) is 5.61. The van der Waals surface area contributed by atoms with Crippen LogP contribution in [0.4, 0.5) is 0 Å². The van der Waals surface area contributed by atoms with Gasteiger partial charge in [0.05, 0.1) is 23.6 Å². The zero-order chi connectivity index (χ0) is 16.1. The van der Waals surface area contributed by atoms with Gasteiger partial charge in [0.25, 0.3) is 0 Å². The molecule has 2 rings (SSSR count). The fraction of sp³-hybridized carbons (Fsp3) is 0.316. The Balaban J connectivity index is 2.04. The van der Waals surface area contributed by atoms with Gasteiger partial charge >= 0.3 is 0 Å². The molecule has 0 bridgehead atoms. The van der Waals surface area contributed by atoms with Crippen LogP contribution in [0.15, 0.2) is 36.4 Å². The number of nitrogens with zero attached hydrogens (tertiary/aromatic N) is 1. The van der Waals surface area contributed by atoms with E-state index in [4.69, 9.17) is 16.3 Å². The standard InChI is InChI=1S/C19H20ClNO/c1-13-4-6-15(3)17(10-13)16(12-21)8-9-22-19-11-14(2)5-7-18(19)20/h4-7,10-11,16H,8-9H2,1-3H3. The summed E-state index contributed by atoms with van der Waals surface area (Å²) in [5.41, 5.74) is 4.50. The molecular weight excluding hydrogens is 294 g/mol. The molecule has 0 amide bonds. The van der Waals surface area contributed by atoms with Gasteiger partial charge in [0.1, 0.15) is 5.75 Å². The lowest BCUT2D eigenvalue weighted by Gasteiger charge is -2.14. The van der Waals surface area contributed by atoms with E-state index in [1.165, 1.54) is 5.56 Å². The molecule has 22 heavy (non-hydrogen) atoms. The predicted octanol–water partition coefficient (Wildman–Crippen LogP) is 5.34. The SMILES string of the molecule is Cc1ccc(Cl)c(OCCC(C#N)c2cc(C)ccc2C)c1. The Bertz CT molecular complexity index is 703. The van der Waals surface area contributed by atoms with E-state index in [1.807, 2.05) is 39.0 Å². The minimum absolute atomic E-state index is 0.163. The number of hydrogen-bond donors (Lipinski definition) is 0. The van der Waals surface area contributed by atoms with Crippen molar-refractivity contribution in [1.29, 1.82) is 5.26 Å². The molecule has 114 valence electrons. The van der Waals surface area contributed by atoms with Gasteiger partial charge in [-0.25, -0.2) is 0 Å². The Morgan fingerprint density at radius 3 is 2.50 bits per heavy atom. The summed E-state index contributed by atoms with van der Waals surface area (Å²) < 4.78 is 5.76. The molecule has 0 spiro atoms. The van der Waals surface area contributed by atoms with Gasteiger partial charge in [0.15, 0.2) is 0 Å². The zero-order valence-electron chi connectivity index (χ0n) is 13.2. The third kappa shape index (κ3) is 4.02. The van der Waals surface area contributed by atoms with Crippen LogP contribution in [-0.4, -0.2) is 6.61 Å². The topological polar surface area (TPSA) is 33.0 Å². The summed E-state index contributed by atoms with van der Waals surface area (Å²) in [6.07, 6.45) is 0.644. The van der Waals surface area contributed by atoms with Crippen LogP contribution in [0, 0.1) is 32.1 Å². The van der Waals surface area contributed by atoms with E-state index < -0.39 is 0 Å². The first kappa shape index (κ1) is 16.4. The van der Waals surface area contributed by atoms with Gasteiger partial charge in [-0.3, -0.25) is 0 Å². The molecule has 1 unspecified atom stereocenters. The highest BCUT2D eigenvalue weighted by molar-refractivity contribution is 6.32. The summed E-state index contributed by atoms with van der Waals surface area (Å²) in [6.45, 7) is 6.55. The van der Waals surface area contributed by atoms with Crippen molar-refractivity contribution in [3.8, 4) is 11.8 Å². The summed E-state index contributed by atoms with van der Waals surface area (Å²) in [7, 11) is 0. The minimum atomic E-state index is -0.163. The van der Waals surface area contributed by atoms with Crippen molar-refractivity contribution >= 4 is 11.6 Å². The first-order valence-corrected chi connectivity index (χ1v) is 7.75. The molecule has 0 radical (unpaired) electrons. The molecule has 2 aromatic rings. The molecule has 0 aliphatic heterocycles. The highest BCUT2D eigenvalue weighted by Gasteiger charge is 2.14. The van der Waals surface area contributed by atoms with Gasteiger partial charge in [-0.1, -0.05) is 41.4 Å². The van der Waals surface area contributed by atoms with E-state index in [2.05, 4.69) is 24.3 Å². The van der Waals surface area contributed by atoms with Crippen LogP contribution < -0.4 is 4.74 Å². The van der Waals surface area contributed by atoms with Crippen molar-refractivity contribution in [2.45, 2.75) is 33.1 Å². The Morgan fingerprint density at radius 2 is 1.77 bits per heavy atom. The molecule has 0 saturated carbocycles. The summed E-state index contributed by atoms with van der Waals surface area (Å²) in [5.74, 6) is 0.516. The van der Waals surface area contributed by atoms with Gasteiger partial charge in [-0.2, -0.15) is 5.26 Å². The molecule has 2 aromatic carbocycles. The Labute approximate surface area is 137 Å². The molecule has 0 fully saturated rings. The lowest BCUT2D eigenvalue weighted by atomic mass is 9.92. The molecule has 0 aliphatic rings. The molecule has 0 N–H and O–H groups in total. The van der Waals surface area contributed by atoms with Gasteiger partial charge in [-0.05, 0) is 49.6 Å². The van der Waals surface area contributed by atoms with Gasteiger partial charge in [0, 0.05) is 6.42 Å². The highest BCUT2D eigenvalue weighted by atomic mass is 35.5. The van der Waals surface area contributed by atoms with E-state index in [9.17, 15) is 5.26 Å². The molecular formula is C19H20ClNO. The molecule has 3 heteroatoms. The molecule has 0 saturated heterocycles. The van der Waals surface area contributed by atoms with Crippen LogP contribution in [0.1, 0.15) is 34.6 Å². The van der Waals surface area contributed by atoms with Crippen molar-refractivity contribution in [2.75, 3.05) is 6.61 Å². The Kier molecular flexibility index (Phi) is 5.46. The van der Waals surface area contributed by atoms with Crippen LogP contribution in [0.2, 0.25) is 5.02 Å². The zero-order valence-corrected chi connectivity index (χ0v) is 13.9. The average Bonchev–Trinajstić information content (AvgIpc) is 2.50. The number of rotatable bonds is 5. The van der Waals surface area contributed by atoms with E-state index in [-0.39, 0.29) is 5.92 Å². The summed E-state index contributed by atoms with van der Waals surface area (Å²) in [5, 5.41) is 10.1. The number of halogens is 1. The fourth-order valence-corrected chi connectivity index (χ4v) is 2.60. The maximum atomic E-state index is 9.46. The van der Waals surface area contributed by atoms with Crippen LogP contribution in [-0.2, 0) is 0 Å².